The highest BCUT2D eigenvalue weighted by molar-refractivity contribution is 9.18. The average molecular weight is 425 g/mol. The molecule has 0 aliphatic heterocycles. The summed E-state index contributed by atoms with van der Waals surface area (Å²) in [7, 11) is 0. The van der Waals surface area contributed by atoms with Crippen molar-refractivity contribution in [2.24, 2.45) is 0 Å². The first-order valence-electron chi connectivity index (χ1n) is 6.18. The fourth-order valence-electron chi connectivity index (χ4n) is 1.91. The molecule has 0 spiro atoms. The van der Waals surface area contributed by atoms with E-state index in [2.05, 4.69) is 41.8 Å². The zero-order valence-electron chi connectivity index (χ0n) is 10.7. The van der Waals surface area contributed by atoms with Gasteiger partial charge in [-0.3, -0.25) is 4.98 Å². The van der Waals surface area contributed by atoms with Crippen LogP contribution >= 0.6 is 43.5 Å². The fraction of sp³-hybridized carbons (Fsp3) is 0. The minimum atomic E-state index is 0.657. The summed E-state index contributed by atoms with van der Waals surface area (Å²) in [6, 6.07) is 15.5. The highest BCUT2D eigenvalue weighted by Gasteiger charge is 2.09. The Kier molecular flexibility index (Phi) is 4.38. The van der Waals surface area contributed by atoms with Crippen LogP contribution in [-0.4, -0.2) is 9.97 Å². The standard InChI is InChI=1S/C16H9Br2ClN2/c17-15(10-4-2-1-3-5-10)16(18)14-9-20-13-8-11(19)6-7-12(13)21-14/h1-9H/b16-15+. The first-order valence-corrected chi connectivity index (χ1v) is 8.15. The number of hydrogen-bond donors (Lipinski definition) is 0. The topological polar surface area (TPSA) is 25.8 Å². The SMILES string of the molecule is Clc1ccc2nc(/C(Br)=C(\Br)c3ccccc3)cnc2c1. The van der Waals surface area contributed by atoms with E-state index in [1.165, 1.54) is 0 Å². The van der Waals surface area contributed by atoms with Crippen LogP contribution in [0.25, 0.3) is 20.0 Å². The lowest BCUT2D eigenvalue weighted by molar-refractivity contribution is 1.26. The normalized spacial score (nSPS) is 12.3. The van der Waals surface area contributed by atoms with Crippen LogP contribution < -0.4 is 0 Å². The molecule has 21 heavy (non-hydrogen) atoms. The number of halogens is 3. The molecule has 0 unspecified atom stereocenters. The summed E-state index contributed by atoms with van der Waals surface area (Å²) in [4.78, 5) is 9.01. The number of benzene rings is 2. The fourth-order valence-corrected chi connectivity index (χ4v) is 2.97. The van der Waals surface area contributed by atoms with Gasteiger partial charge < -0.3 is 0 Å². The largest absolute Gasteiger partial charge is 0.252 e. The van der Waals surface area contributed by atoms with Gasteiger partial charge in [-0.1, -0.05) is 41.9 Å². The summed E-state index contributed by atoms with van der Waals surface area (Å²) in [6.45, 7) is 0. The van der Waals surface area contributed by atoms with Gasteiger partial charge in [0, 0.05) is 9.51 Å². The third-order valence-corrected chi connectivity index (χ3v) is 5.37. The maximum atomic E-state index is 5.96. The number of hydrogen-bond acceptors (Lipinski definition) is 2. The van der Waals surface area contributed by atoms with Crippen molar-refractivity contribution < 1.29 is 0 Å². The molecular formula is C16H9Br2ClN2. The van der Waals surface area contributed by atoms with Crippen LogP contribution in [0, 0.1) is 0 Å². The predicted molar refractivity (Wildman–Crippen MR) is 95.7 cm³/mol. The van der Waals surface area contributed by atoms with Crippen molar-refractivity contribution in [3.8, 4) is 0 Å². The van der Waals surface area contributed by atoms with Crippen LogP contribution in [0.3, 0.4) is 0 Å². The molecular weight excluding hydrogens is 415 g/mol. The molecule has 0 N–H and O–H groups in total. The van der Waals surface area contributed by atoms with Crippen LogP contribution in [0.4, 0.5) is 0 Å². The molecule has 0 saturated heterocycles. The van der Waals surface area contributed by atoms with E-state index in [9.17, 15) is 0 Å². The summed E-state index contributed by atoms with van der Waals surface area (Å²) < 4.78 is 1.80. The molecule has 1 heterocycles. The van der Waals surface area contributed by atoms with Crippen LogP contribution in [0.2, 0.25) is 5.02 Å². The molecule has 0 aliphatic rings. The second kappa shape index (κ2) is 6.26. The quantitative estimate of drug-likeness (QED) is 0.512. The molecule has 3 aromatic rings. The predicted octanol–water partition coefficient (Wildman–Crippen LogP) is 5.90. The van der Waals surface area contributed by atoms with Gasteiger partial charge in [-0.05, 0) is 55.6 Å². The van der Waals surface area contributed by atoms with Gasteiger partial charge in [-0.15, -0.1) is 0 Å². The molecule has 3 rings (SSSR count). The van der Waals surface area contributed by atoms with Crippen molar-refractivity contribution in [3.05, 3.63) is 71.0 Å². The zero-order chi connectivity index (χ0) is 14.8. The molecule has 0 bridgehead atoms. The van der Waals surface area contributed by atoms with E-state index in [-0.39, 0.29) is 0 Å². The third-order valence-electron chi connectivity index (χ3n) is 2.95. The van der Waals surface area contributed by atoms with Crippen molar-refractivity contribution in [3.63, 3.8) is 0 Å². The van der Waals surface area contributed by atoms with Crippen LogP contribution in [0.1, 0.15) is 11.3 Å². The molecule has 5 heteroatoms. The molecule has 2 aromatic carbocycles. The van der Waals surface area contributed by atoms with E-state index in [0.717, 1.165) is 31.3 Å². The smallest absolute Gasteiger partial charge is 0.0974 e. The van der Waals surface area contributed by atoms with Crippen molar-refractivity contribution in [2.45, 2.75) is 0 Å². The van der Waals surface area contributed by atoms with Crippen LogP contribution in [0.5, 0.6) is 0 Å². The van der Waals surface area contributed by atoms with Crippen molar-refractivity contribution >= 4 is 63.5 Å². The third kappa shape index (κ3) is 3.18. The molecule has 0 fully saturated rings. The lowest BCUT2D eigenvalue weighted by Gasteiger charge is -2.06. The van der Waals surface area contributed by atoms with E-state index in [4.69, 9.17) is 11.6 Å². The molecule has 104 valence electrons. The van der Waals surface area contributed by atoms with Crippen LogP contribution in [-0.2, 0) is 0 Å². The zero-order valence-corrected chi connectivity index (χ0v) is 14.7. The van der Waals surface area contributed by atoms with E-state index in [1.807, 2.05) is 42.5 Å². The number of nitrogens with zero attached hydrogens (tertiary/aromatic N) is 2. The Balaban J connectivity index is 2.09. The Labute approximate surface area is 144 Å². The van der Waals surface area contributed by atoms with Gasteiger partial charge in [-0.25, -0.2) is 4.98 Å². The molecule has 0 saturated carbocycles. The molecule has 1 aromatic heterocycles. The number of fused-ring (bicyclic) bond motifs is 1. The minimum absolute atomic E-state index is 0.657. The molecule has 0 amide bonds. The van der Waals surface area contributed by atoms with Crippen LogP contribution in [0.15, 0.2) is 54.7 Å². The van der Waals surface area contributed by atoms with Gasteiger partial charge in [0.1, 0.15) is 0 Å². The van der Waals surface area contributed by atoms with Crippen molar-refractivity contribution in [1.82, 2.24) is 9.97 Å². The minimum Gasteiger partial charge on any atom is -0.252 e. The summed E-state index contributed by atoms with van der Waals surface area (Å²) in [5, 5.41) is 0.657. The maximum absolute atomic E-state index is 5.96. The lowest BCUT2D eigenvalue weighted by atomic mass is 10.2. The van der Waals surface area contributed by atoms with Gasteiger partial charge in [0.05, 0.1) is 27.4 Å². The Morgan fingerprint density at radius 3 is 2.43 bits per heavy atom. The highest BCUT2D eigenvalue weighted by Crippen LogP contribution is 2.34. The van der Waals surface area contributed by atoms with E-state index < -0.39 is 0 Å². The van der Waals surface area contributed by atoms with Gasteiger partial charge in [-0.2, -0.15) is 0 Å². The summed E-state index contributed by atoms with van der Waals surface area (Å²) >= 11 is 13.2. The van der Waals surface area contributed by atoms with Crippen molar-refractivity contribution in [2.75, 3.05) is 0 Å². The highest BCUT2D eigenvalue weighted by atomic mass is 79.9. The second-order valence-corrected chi connectivity index (χ2v) is 6.40. The van der Waals surface area contributed by atoms with E-state index >= 15 is 0 Å². The van der Waals surface area contributed by atoms with E-state index in [1.54, 1.807) is 12.3 Å². The van der Waals surface area contributed by atoms with Crippen molar-refractivity contribution in [1.29, 1.82) is 0 Å². The van der Waals surface area contributed by atoms with Gasteiger partial charge in [0.25, 0.3) is 0 Å². The Morgan fingerprint density at radius 1 is 0.905 bits per heavy atom. The van der Waals surface area contributed by atoms with Gasteiger partial charge >= 0.3 is 0 Å². The first-order chi connectivity index (χ1) is 10.1. The number of aromatic nitrogens is 2. The Hall–Kier alpha value is -1.23. The second-order valence-electron chi connectivity index (χ2n) is 4.38. The Bertz CT molecular complexity index is 832. The summed E-state index contributed by atoms with van der Waals surface area (Å²) in [6.07, 6.45) is 1.73. The lowest BCUT2D eigenvalue weighted by Crippen LogP contribution is -1.91. The first kappa shape index (κ1) is 14.7. The van der Waals surface area contributed by atoms with Gasteiger partial charge in [0.2, 0.25) is 0 Å². The summed E-state index contributed by atoms with van der Waals surface area (Å²) in [5.74, 6) is 0. The molecule has 0 atom stereocenters. The monoisotopic (exact) mass is 422 g/mol. The molecule has 2 nitrogen and oxygen atoms in total. The maximum Gasteiger partial charge on any atom is 0.0974 e. The molecule has 0 aliphatic carbocycles. The average Bonchev–Trinajstić information content (AvgIpc) is 2.53. The summed E-state index contributed by atoms with van der Waals surface area (Å²) in [5.41, 5.74) is 3.42. The van der Waals surface area contributed by atoms with E-state index in [0.29, 0.717) is 5.02 Å². The molecule has 0 radical (unpaired) electrons. The number of rotatable bonds is 2. The van der Waals surface area contributed by atoms with Gasteiger partial charge in [0.15, 0.2) is 0 Å². The Morgan fingerprint density at radius 2 is 1.67 bits per heavy atom.